The van der Waals surface area contributed by atoms with Crippen molar-refractivity contribution in [2.75, 3.05) is 38.0 Å². The quantitative estimate of drug-likeness (QED) is 0.734. The van der Waals surface area contributed by atoms with Crippen LogP contribution in [0.25, 0.3) is 0 Å². The lowest BCUT2D eigenvalue weighted by Crippen LogP contribution is -3.15. The van der Waals surface area contributed by atoms with E-state index >= 15 is 0 Å². The number of hydrogen-bond acceptors (Lipinski definition) is 3. The number of piperazine rings is 1. The zero-order valence-electron chi connectivity index (χ0n) is 15.2. The zero-order chi connectivity index (χ0) is 20.1. The summed E-state index contributed by atoms with van der Waals surface area (Å²) in [6, 6.07) is 12.3. The van der Waals surface area contributed by atoms with E-state index in [-0.39, 0.29) is 12.3 Å². The van der Waals surface area contributed by atoms with Crippen LogP contribution in [0.2, 0.25) is 0 Å². The summed E-state index contributed by atoms with van der Waals surface area (Å²) in [5, 5.41) is 2.26. The number of anilines is 1. The fraction of sp³-hybridized carbons (Fsp3) is 0.316. The minimum absolute atomic E-state index is 0.0142. The first kappa shape index (κ1) is 20.4. The van der Waals surface area contributed by atoms with E-state index in [0.717, 1.165) is 22.6 Å². The van der Waals surface area contributed by atoms with E-state index in [1.807, 2.05) is 6.07 Å². The van der Waals surface area contributed by atoms with Gasteiger partial charge in [0.05, 0.1) is 31.9 Å². The Labute approximate surface area is 162 Å². The molecule has 2 N–H and O–H groups in total. The van der Waals surface area contributed by atoms with E-state index in [1.165, 1.54) is 10.4 Å². The molecule has 2 aromatic carbocycles. The van der Waals surface area contributed by atoms with Crippen molar-refractivity contribution < 1.29 is 26.9 Å². The lowest BCUT2D eigenvalue weighted by atomic mass is 10.2. The largest absolute Gasteiger partial charge is 0.325 e. The van der Waals surface area contributed by atoms with Crippen LogP contribution in [-0.2, 0) is 20.6 Å². The molecule has 1 amide bonds. The molecule has 1 aliphatic heterocycles. The summed E-state index contributed by atoms with van der Waals surface area (Å²) in [7, 11) is -3.43. The number of hydrogen-bond donors (Lipinski definition) is 2. The molecular weight excluding hydrogens is 388 g/mol. The zero-order valence-corrected chi connectivity index (χ0v) is 16.0. The number of quaternary nitrogens is 1. The molecule has 9 heteroatoms. The monoisotopic (exact) mass is 410 g/mol. The Kier molecular flexibility index (Phi) is 6.38. The van der Waals surface area contributed by atoms with Crippen LogP contribution in [0.4, 0.5) is 14.5 Å². The number of halogens is 2. The van der Waals surface area contributed by atoms with Gasteiger partial charge in [0.25, 0.3) is 5.91 Å². The fourth-order valence-electron chi connectivity index (χ4n) is 3.16. The van der Waals surface area contributed by atoms with Crippen LogP contribution >= 0.6 is 0 Å². The van der Waals surface area contributed by atoms with Gasteiger partial charge in [-0.15, -0.1) is 0 Å². The predicted molar refractivity (Wildman–Crippen MR) is 101 cm³/mol. The molecule has 2 aromatic rings. The number of nitrogens with zero attached hydrogens (tertiary/aromatic N) is 1. The van der Waals surface area contributed by atoms with E-state index in [4.69, 9.17) is 0 Å². The van der Waals surface area contributed by atoms with Gasteiger partial charge in [0.15, 0.2) is 6.54 Å². The summed E-state index contributed by atoms with van der Waals surface area (Å²) in [4.78, 5) is 13.0. The van der Waals surface area contributed by atoms with Gasteiger partial charge < -0.3 is 10.2 Å². The minimum atomic E-state index is -3.43. The topological polar surface area (TPSA) is 70.9 Å². The van der Waals surface area contributed by atoms with Crippen LogP contribution in [0.3, 0.4) is 0 Å². The summed E-state index contributed by atoms with van der Waals surface area (Å²) < 4.78 is 53.8. The molecule has 0 saturated carbocycles. The Morgan fingerprint density at radius 2 is 1.61 bits per heavy atom. The SMILES string of the molecule is O=C(C[NH+]1CCN(S(=O)(=O)Cc2ccccc2)CC1)Nc1c(F)cccc1F. The second-order valence-electron chi connectivity index (χ2n) is 6.71. The van der Waals surface area contributed by atoms with E-state index in [1.54, 1.807) is 24.3 Å². The molecule has 0 aromatic heterocycles. The van der Waals surface area contributed by atoms with E-state index in [2.05, 4.69) is 5.32 Å². The lowest BCUT2D eigenvalue weighted by Gasteiger charge is -2.31. The van der Waals surface area contributed by atoms with Crippen molar-refractivity contribution in [3.63, 3.8) is 0 Å². The van der Waals surface area contributed by atoms with Crippen LogP contribution in [0, 0.1) is 11.6 Å². The Morgan fingerprint density at radius 1 is 1.00 bits per heavy atom. The average molecular weight is 410 g/mol. The van der Waals surface area contributed by atoms with Crippen LogP contribution in [0.15, 0.2) is 48.5 Å². The third-order valence-corrected chi connectivity index (χ3v) is 6.50. The number of sulfonamides is 1. The maximum absolute atomic E-state index is 13.6. The van der Waals surface area contributed by atoms with Gasteiger partial charge in [-0.3, -0.25) is 4.79 Å². The molecule has 0 atom stereocenters. The molecule has 0 bridgehead atoms. The van der Waals surface area contributed by atoms with E-state index in [9.17, 15) is 22.0 Å². The smallest absolute Gasteiger partial charge is 0.279 e. The Balaban J connectivity index is 1.52. The number of para-hydroxylation sites is 1. The van der Waals surface area contributed by atoms with Crippen molar-refractivity contribution in [3.8, 4) is 0 Å². The molecule has 6 nitrogen and oxygen atoms in total. The van der Waals surface area contributed by atoms with Crippen molar-refractivity contribution in [1.29, 1.82) is 0 Å². The van der Waals surface area contributed by atoms with Gasteiger partial charge in [0.2, 0.25) is 10.0 Å². The standard InChI is InChI=1S/C19H21F2N3O3S/c20-16-7-4-8-17(21)19(16)22-18(25)13-23-9-11-24(12-10-23)28(26,27)14-15-5-2-1-3-6-15/h1-8H,9-14H2,(H,22,25)/p+1. The molecule has 1 fully saturated rings. The number of amides is 1. The highest BCUT2D eigenvalue weighted by atomic mass is 32.2. The Hall–Kier alpha value is -2.36. The molecule has 0 unspecified atom stereocenters. The van der Waals surface area contributed by atoms with Crippen LogP contribution < -0.4 is 10.2 Å². The molecule has 0 aliphatic carbocycles. The molecule has 3 rings (SSSR count). The molecule has 0 spiro atoms. The highest BCUT2D eigenvalue weighted by molar-refractivity contribution is 7.88. The summed E-state index contributed by atoms with van der Waals surface area (Å²) in [6.07, 6.45) is 0. The second-order valence-corrected chi connectivity index (χ2v) is 8.68. The second kappa shape index (κ2) is 8.76. The van der Waals surface area contributed by atoms with Crippen molar-refractivity contribution in [2.45, 2.75) is 5.75 Å². The van der Waals surface area contributed by atoms with Crippen LogP contribution in [-0.4, -0.2) is 51.4 Å². The molecule has 1 heterocycles. The van der Waals surface area contributed by atoms with E-state index in [0.29, 0.717) is 26.2 Å². The van der Waals surface area contributed by atoms with Crippen molar-refractivity contribution in [1.82, 2.24) is 4.31 Å². The predicted octanol–water partition coefficient (Wildman–Crippen LogP) is 0.634. The van der Waals surface area contributed by atoms with Gasteiger partial charge in [0, 0.05) is 0 Å². The summed E-state index contributed by atoms with van der Waals surface area (Å²) >= 11 is 0. The first-order valence-electron chi connectivity index (χ1n) is 8.94. The molecular formula is C19H22F2N3O3S+. The number of benzene rings is 2. The van der Waals surface area contributed by atoms with Crippen molar-refractivity contribution in [3.05, 3.63) is 65.7 Å². The summed E-state index contributed by atoms with van der Waals surface area (Å²) in [5.74, 6) is -2.24. The number of carbonyl (C=O) groups is 1. The molecule has 1 aliphatic rings. The first-order chi connectivity index (χ1) is 13.3. The van der Waals surface area contributed by atoms with Gasteiger partial charge in [-0.2, -0.15) is 4.31 Å². The fourth-order valence-corrected chi connectivity index (χ4v) is 4.70. The van der Waals surface area contributed by atoms with Gasteiger partial charge in [-0.05, 0) is 17.7 Å². The minimum Gasteiger partial charge on any atom is -0.325 e. The van der Waals surface area contributed by atoms with Gasteiger partial charge in [-0.25, -0.2) is 17.2 Å². The van der Waals surface area contributed by atoms with Crippen LogP contribution in [0.1, 0.15) is 5.56 Å². The Bertz CT molecular complexity index is 910. The summed E-state index contributed by atoms with van der Waals surface area (Å²) in [5.41, 5.74) is 0.263. The average Bonchev–Trinajstić information content (AvgIpc) is 2.66. The molecule has 150 valence electrons. The number of carbonyl (C=O) groups excluding carboxylic acids is 1. The van der Waals surface area contributed by atoms with Gasteiger partial charge in [0.1, 0.15) is 17.3 Å². The maximum Gasteiger partial charge on any atom is 0.279 e. The number of rotatable bonds is 6. The van der Waals surface area contributed by atoms with Crippen LogP contribution in [0.5, 0.6) is 0 Å². The maximum atomic E-state index is 13.6. The first-order valence-corrected chi connectivity index (χ1v) is 10.6. The summed E-state index contributed by atoms with van der Waals surface area (Å²) in [6.45, 7) is 1.50. The van der Waals surface area contributed by atoms with E-state index < -0.39 is 33.3 Å². The highest BCUT2D eigenvalue weighted by Gasteiger charge is 2.30. The third kappa shape index (κ3) is 5.12. The number of nitrogens with one attached hydrogen (secondary N) is 2. The molecule has 0 radical (unpaired) electrons. The third-order valence-electron chi connectivity index (χ3n) is 4.65. The molecule has 1 saturated heterocycles. The van der Waals surface area contributed by atoms with Gasteiger partial charge >= 0.3 is 0 Å². The van der Waals surface area contributed by atoms with Crippen molar-refractivity contribution >= 4 is 21.6 Å². The van der Waals surface area contributed by atoms with Crippen molar-refractivity contribution in [2.24, 2.45) is 0 Å². The highest BCUT2D eigenvalue weighted by Crippen LogP contribution is 2.17. The van der Waals surface area contributed by atoms with Gasteiger partial charge in [-0.1, -0.05) is 36.4 Å². The molecule has 28 heavy (non-hydrogen) atoms. The normalized spacial score (nSPS) is 16.1. The Morgan fingerprint density at radius 3 is 2.21 bits per heavy atom. The lowest BCUT2D eigenvalue weighted by molar-refractivity contribution is -0.895.